The van der Waals surface area contributed by atoms with Gasteiger partial charge in [0.25, 0.3) is 0 Å². The first-order chi connectivity index (χ1) is 14.2. The fourth-order valence-electron chi connectivity index (χ4n) is 3.03. The molecule has 3 rings (SSSR count). The summed E-state index contributed by atoms with van der Waals surface area (Å²) in [5.41, 5.74) is 0.660. The molecule has 0 radical (unpaired) electrons. The maximum absolute atomic E-state index is 13.9. The van der Waals surface area contributed by atoms with Crippen molar-refractivity contribution in [1.29, 1.82) is 0 Å². The van der Waals surface area contributed by atoms with Crippen LogP contribution >= 0.6 is 11.3 Å². The van der Waals surface area contributed by atoms with Crippen molar-refractivity contribution in [3.63, 3.8) is 0 Å². The predicted molar refractivity (Wildman–Crippen MR) is 105 cm³/mol. The number of benzene rings is 2. The van der Waals surface area contributed by atoms with E-state index in [4.69, 9.17) is 0 Å². The lowest BCUT2D eigenvalue weighted by Crippen LogP contribution is -2.31. The number of amides is 1. The maximum Gasteiger partial charge on any atom is 0.225 e. The van der Waals surface area contributed by atoms with Gasteiger partial charge >= 0.3 is 0 Å². The number of hydrogen-bond acceptors (Lipinski definition) is 2. The number of thiophene rings is 1. The van der Waals surface area contributed by atoms with Crippen LogP contribution in [-0.4, -0.2) is 5.91 Å². The lowest BCUT2D eigenvalue weighted by molar-refractivity contribution is -0.121. The van der Waals surface area contributed by atoms with Crippen LogP contribution in [0.15, 0.2) is 41.8 Å². The molecule has 1 unspecified atom stereocenters. The molecule has 1 atom stereocenters. The molecule has 8 heteroatoms. The van der Waals surface area contributed by atoms with Crippen molar-refractivity contribution in [2.75, 3.05) is 0 Å². The largest absolute Gasteiger partial charge is 0.344 e. The van der Waals surface area contributed by atoms with Gasteiger partial charge in [-0.15, -0.1) is 11.3 Å². The Morgan fingerprint density at radius 1 is 0.867 bits per heavy atom. The molecular formula is C22H18F5NOS. The summed E-state index contributed by atoms with van der Waals surface area (Å²) >= 11 is 1.37. The number of carbonyl (C=O) groups is 1. The molecule has 0 bridgehead atoms. The van der Waals surface area contributed by atoms with Gasteiger partial charge in [-0.25, -0.2) is 22.0 Å². The first kappa shape index (κ1) is 22.0. The van der Waals surface area contributed by atoms with Crippen LogP contribution in [0.2, 0.25) is 0 Å². The fourth-order valence-corrected chi connectivity index (χ4v) is 3.83. The number of nitrogens with one attached hydrogen (secondary N) is 1. The van der Waals surface area contributed by atoms with E-state index in [1.54, 1.807) is 17.5 Å². The van der Waals surface area contributed by atoms with E-state index in [0.29, 0.717) is 5.92 Å². The molecule has 2 nitrogen and oxygen atoms in total. The minimum atomic E-state index is -2.25. The van der Waals surface area contributed by atoms with Gasteiger partial charge in [0.2, 0.25) is 11.7 Å². The zero-order valence-corrected chi connectivity index (χ0v) is 16.9. The van der Waals surface area contributed by atoms with Crippen LogP contribution in [0, 0.1) is 29.1 Å². The molecule has 0 aliphatic heterocycles. The molecule has 0 saturated carbocycles. The van der Waals surface area contributed by atoms with E-state index in [9.17, 15) is 26.7 Å². The number of hydrogen-bond donors (Lipinski definition) is 1. The topological polar surface area (TPSA) is 29.1 Å². The smallest absolute Gasteiger partial charge is 0.225 e. The van der Waals surface area contributed by atoms with Gasteiger partial charge in [-0.3, -0.25) is 4.79 Å². The van der Waals surface area contributed by atoms with E-state index < -0.39 is 53.0 Å². The van der Waals surface area contributed by atoms with Gasteiger partial charge in [0.15, 0.2) is 23.3 Å². The fraction of sp³-hybridized carbons (Fsp3) is 0.227. The molecule has 0 saturated heterocycles. The molecule has 3 aromatic rings. The summed E-state index contributed by atoms with van der Waals surface area (Å²) in [5, 5.41) is 4.45. The van der Waals surface area contributed by atoms with Gasteiger partial charge in [0.1, 0.15) is 0 Å². The van der Waals surface area contributed by atoms with Gasteiger partial charge in [-0.05, 0) is 28.5 Å². The van der Waals surface area contributed by atoms with Crippen molar-refractivity contribution < 1.29 is 26.7 Å². The second kappa shape index (κ2) is 8.95. The molecule has 1 amide bonds. The van der Waals surface area contributed by atoms with Crippen molar-refractivity contribution in [1.82, 2.24) is 5.32 Å². The van der Waals surface area contributed by atoms with Crippen molar-refractivity contribution >= 4 is 17.2 Å². The highest BCUT2D eigenvalue weighted by molar-refractivity contribution is 7.10. The Labute approximate surface area is 174 Å². The lowest BCUT2D eigenvalue weighted by Gasteiger charge is -2.19. The normalized spacial score (nSPS) is 12.3. The van der Waals surface area contributed by atoms with E-state index in [0.717, 1.165) is 16.0 Å². The molecule has 1 N–H and O–H groups in total. The van der Waals surface area contributed by atoms with Gasteiger partial charge in [-0.2, -0.15) is 0 Å². The highest BCUT2D eigenvalue weighted by Crippen LogP contribution is 2.28. The monoisotopic (exact) mass is 439 g/mol. The van der Waals surface area contributed by atoms with Gasteiger partial charge in [-0.1, -0.05) is 44.2 Å². The first-order valence-electron chi connectivity index (χ1n) is 9.13. The van der Waals surface area contributed by atoms with Crippen molar-refractivity contribution in [2.24, 2.45) is 0 Å². The summed E-state index contributed by atoms with van der Waals surface area (Å²) in [5.74, 6) is -11.0. The molecule has 0 fully saturated rings. The average Bonchev–Trinajstić information content (AvgIpc) is 3.27. The van der Waals surface area contributed by atoms with E-state index in [1.165, 1.54) is 11.3 Å². The van der Waals surface area contributed by atoms with Crippen LogP contribution in [0.3, 0.4) is 0 Å². The van der Waals surface area contributed by atoms with Crippen LogP contribution < -0.4 is 5.32 Å². The SMILES string of the molecule is CC(C)c1ccc(C(NC(=O)Cc2c(F)c(F)c(F)c(F)c2F)c2cccs2)cc1. The van der Waals surface area contributed by atoms with Crippen molar-refractivity contribution in [3.05, 3.63) is 92.4 Å². The average molecular weight is 439 g/mol. The summed E-state index contributed by atoms with van der Waals surface area (Å²) < 4.78 is 67.9. The maximum atomic E-state index is 13.9. The second-order valence-electron chi connectivity index (χ2n) is 7.06. The summed E-state index contributed by atoms with van der Waals surface area (Å²) in [7, 11) is 0. The molecular weight excluding hydrogens is 421 g/mol. The first-order valence-corrected chi connectivity index (χ1v) is 10.0. The Kier molecular flexibility index (Phi) is 6.55. The predicted octanol–water partition coefficient (Wildman–Crippen LogP) is 6.02. The molecule has 0 aliphatic rings. The lowest BCUT2D eigenvalue weighted by atomic mass is 9.98. The van der Waals surface area contributed by atoms with E-state index in [2.05, 4.69) is 5.32 Å². The molecule has 1 heterocycles. The Balaban J connectivity index is 1.88. The van der Waals surface area contributed by atoms with Crippen LogP contribution in [0.25, 0.3) is 0 Å². The molecule has 0 spiro atoms. The highest BCUT2D eigenvalue weighted by atomic mass is 32.1. The molecule has 30 heavy (non-hydrogen) atoms. The van der Waals surface area contributed by atoms with E-state index in [-0.39, 0.29) is 0 Å². The second-order valence-corrected chi connectivity index (χ2v) is 8.04. The third-order valence-electron chi connectivity index (χ3n) is 4.71. The van der Waals surface area contributed by atoms with Crippen molar-refractivity contribution in [2.45, 2.75) is 32.2 Å². The molecule has 1 aromatic heterocycles. The highest BCUT2D eigenvalue weighted by Gasteiger charge is 2.28. The number of halogens is 5. The molecule has 2 aromatic carbocycles. The minimum Gasteiger partial charge on any atom is -0.344 e. The van der Waals surface area contributed by atoms with Crippen LogP contribution in [0.4, 0.5) is 22.0 Å². The zero-order valence-electron chi connectivity index (χ0n) is 16.1. The Morgan fingerprint density at radius 3 is 1.90 bits per heavy atom. The van der Waals surface area contributed by atoms with Gasteiger partial charge in [0.05, 0.1) is 12.5 Å². The molecule has 0 aliphatic carbocycles. The van der Waals surface area contributed by atoms with E-state index in [1.807, 2.05) is 38.1 Å². The Hall–Kier alpha value is -2.74. The van der Waals surface area contributed by atoms with Gasteiger partial charge < -0.3 is 5.32 Å². The minimum absolute atomic E-state index is 0.308. The standard InChI is InChI=1S/C22H18F5NOS/c1-11(2)12-5-7-13(8-6-12)22(15-4-3-9-30-15)28-16(29)10-14-17(23)19(25)21(27)20(26)18(14)24/h3-9,11,22H,10H2,1-2H3,(H,28,29). The molecule has 158 valence electrons. The summed E-state index contributed by atoms with van der Waals surface area (Å²) in [6, 6.07) is 10.4. The number of rotatable bonds is 6. The van der Waals surface area contributed by atoms with E-state index >= 15 is 0 Å². The zero-order chi connectivity index (χ0) is 22.0. The van der Waals surface area contributed by atoms with Crippen LogP contribution in [0.5, 0.6) is 0 Å². The number of carbonyl (C=O) groups excluding carboxylic acids is 1. The van der Waals surface area contributed by atoms with Crippen LogP contribution in [0.1, 0.15) is 47.4 Å². The van der Waals surface area contributed by atoms with Gasteiger partial charge in [0, 0.05) is 10.4 Å². The summed E-state index contributed by atoms with van der Waals surface area (Å²) in [6.07, 6.45) is -0.988. The Bertz CT molecular complexity index is 1020. The summed E-state index contributed by atoms with van der Waals surface area (Å²) in [4.78, 5) is 13.3. The van der Waals surface area contributed by atoms with Crippen molar-refractivity contribution in [3.8, 4) is 0 Å². The third-order valence-corrected chi connectivity index (χ3v) is 5.64. The Morgan fingerprint density at radius 2 is 1.40 bits per heavy atom. The van der Waals surface area contributed by atoms with Crippen LogP contribution in [-0.2, 0) is 11.2 Å². The summed E-state index contributed by atoms with van der Waals surface area (Å²) in [6.45, 7) is 4.08. The third kappa shape index (κ3) is 4.38. The quantitative estimate of drug-likeness (QED) is 0.284.